The Morgan fingerprint density at radius 2 is 1.92 bits per heavy atom. The molecule has 2 fully saturated rings. The van der Waals surface area contributed by atoms with Crippen LogP contribution in [0.15, 0.2) is 12.7 Å². The van der Waals surface area contributed by atoms with E-state index in [2.05, 4.69) is 24.8 Å². The van der Waals surface area contributed by atoms with Crippen LogP contribution < -0.4 is 0 Å². The van der Waals surface area contributed by atoms with Crippen LogP contribution in [0.2, 0.25) is 0 Å². The van der Waals surface area contributed by atoms with Gasteiger partial charge in [0.2, 0.25) is 10.0 Å². The number of sulfonamides is 1. The second kappa shape index (κ2) is 5.92. The molecule has 2 aromatic heterocycles. The van der Waals surface area contributed by atoms with Crippen molar-refractivity contribution < 1.29 is 8.42 Å². The normalized spacial score (nSPS) is 20.5. The third-order valence-electron chi connectivity index (χ3n) is 4.76. The molecule has 1 saturated carbocycles. The molecule has 3 heterocycles. The lowest BCUT2D eigenvalue weighted by Gasteiger charge is -2.30. The van der Waals surface area contributed by atoms with E-state index in [1.54, 1.807) is 15.3 Å². The minimum absolute atomic E-state index is 0.264. The van der Waals surface area contributed by atoms with Gasteiger partial charge in [-0.25, -0.2) is 22.4 Å². The molecule has 10 heteroatoms. The van der Waals surface area contributed by atoms with Crippen LogP contribution in [0.1, 0.15) is 49.3 Å². The van der Waals surface area contributed by atoms with E-state index in [4.69, 9.17) is 0 Å². The average Bonchev–Trinajstić information content (AvgIpc) is 3.09. The summed E-state index contributed by atoms with van der Waals surface area (Å²) in [5.41, 5.74) is 0. The molecule has 24 heavy (non-hydrogen) atoms. The molecule has 2 aromatic rings. The molecule has 1 aliphatic heterocycles. The zero-order valence-corrected chi connectivity index (χ0v) is 14.4. The number of piperidine rings is 1. The van der Waals surface area contributed by atoms with E-state index in [9.17, 15) is 8.42 Å². The highest BCUT2D eigenvalue weighted by molar-refractivity contribution is 7.88. The molecule has 0 radical (unpaired) electrons. The van der Waals surface area contributed by atoms with Crippen LogP contribution >= 0.6 is 0 Å². The topological polar surface area (TPSA) is 98.8 Å². The Morgan fingerprint density at radius 1 is 1.17 bits per heavy atom. The summed E-state index contributed by atoms with van der Waals surface area (Å²) in [4.78, 5) is 3.97. The highest BCUT2D eigenvalue weighted by atomic mass is 32.2. The fraction of sp³-hybridized carbons (Fsp3) is 0.714. The zero-order chi connectivity index (χ0) is 16.7. The summed E-state index contributed by atoms with van der Waals surface area (Å²) in [6, 6.07) is 0.474. The van der Waals surface area contributed by atoms with Crippen LogP contribution in [0.25, 0.3) is 0 Å². The summed E-state index contributed by atoms with van der Waals surface area (Å²) in [6.07, 6.45) is 8.35. The van der Waals surface area contributed by atoms with E-state index in [1.807, 2.05) is 0 Å². The van der Waals surface area contributed by atoms with E-state index >= 15 is 0 Å². The molecule has 2 aliphatic rings. The Kier molecular flexibility index (Phi) is 3.87. The van der Waals surface area contributed by atoms with E-state index in [0.717, 1.165) is 37.3 Å². The van der Waals surface area contributed by atoms with Crippen molar-refractivity contribution >= 4 is 10.0 Å². The quantitative estimate of drug-likeness (QED) is 0.773. The van der Waals surface area contributed by atoms with Crippen molar-refractivity contribution in [2.75, 3.05) is 19.3 Å². The van der Waals surface area contributed by atoms with Crippen LogP contribution in [-0.4, -0.2) is 61.6 Å². The van der Waals surface area contributed by atoms with Gasteiger partial charge in [0, 0.05) is 25.0 Å². The number of hydrogen-bond acceptors (Lipinski definition) is 6. The predicted octanol–water partition coefficient (Wildman–Crippen LogP) is 0.392. The van der Waals surface area contributed by atoms with Gasteiger partial charge in [0.05, 0.1) is 6.26 Å². The van der Waals surface area contributed by atoms with Gasteiger partial charge in [0.15, 0.2) is 5.82 Å². The minimum atomic E-state index is -3.10. The van der Waals surface area contributed by atoms with E-state index in [-0.39, 0.29) is 5.92 Å². The Balaban J connectivity index is 1.55. The highest BCUT2D eigenvalue weighted by Gasteiger charge is 2.34. The predicted molar refractivity (Wildman–Crippen MR) is 85.8 cm³/mol. The summed E-state index contributed by atoms with van der Waals surface area (Å²) in [5.74, 6) is 2.17. The molecule has 0 spiro atoms. The van der Waals surface area contributed by atoms with Gasteiger partial charge >= 0.3 is 0 Å². The fourth-order valence-corrected chi connectivity index (χ4v) is 4.23. The van der Waals surface area contributed by atoms with E-state index < -0.39 is 10.0 Å². The monoisotopic (exact) mass is 351 g/mol. The van der Waals surface area contributed by atoms with Crippen LogP contribution in [-0.2, 0) is 16.6 Å². The maximum atomic E-state index is 11.7. The van der Waals surface area contributed by atoms with Crippen molar-refractivity contribution in [3.05, 3.63) is 24.3 Å². The van der Waals surface area contributed by atoms with Crippen LogP contribution in [0.3, 0.4) is 0 Å². The molecule has 0 unspecified atom stereocenters. The lowest BCUT2D eigenvalue weighted by atomic mass is 9.97. The van der Waals surface area contributed by atoms with Gasteiger partial charge in [0.25, 0.3) is 0 Å². The van der Waals surface area contributed by atoms with E-state index in [0.29, 0.717) is 25.7 Å². The molecule has 9 nitrogen and oxygen atoms in total. The lowest BCUT2D eigenvalue weighted by molar-refractivity contribution is 0.310. The van der Waals surface area contributed by atoms with Gasteiger partial charge in [-0.15, -0.1) is 10.2 Å². The largest absolute Gasteiger partial charge is 0.310 e. The summed E-state index contributed by atoms with van der Waals surface area (Å²) in [7, 11) is -3.10. The van der Waals surface area contributed by atoms with Gasteiger partial charge in [-0.05, 0) is 25.7 Å². The molecular formula is C14H21N7O2S. The Hall–Kier alpha value is -1.81. The van der Waals surface area contributed by atoms with Crippen LogP contribution in [0, 0.1) is 0 Å². The highest BCUT2D eigenvalue weighted by Crippen LogP contribution is 2.40. The number of rotatable bonds is 5. The van der Waals surface area contributed by atoms with Crippen LogP contribution in [0.5, 0.6) is 0 Å². The van der Waals surface area contributed by atoms with Crippen molar-refractivity contribution in [2.24, 2.45) is 0 Å². The number of hydrogen-bond donors (Lipinski definition) is 0. The summed E-state index contributed by atoms with van der Waals surface area (Å²) < 4.78 is 28.9. The molecule has 4 rings (SSSR count). The van der Waals surface area contributed by atoms with Gasteiger partial charge in [-0.1, -0.05) is 0 Å². The molecule has 0 aromatic carbocycles. The molecule has 0 bridgehead atoms. The fourth-order valence-electron chi connectivity index (χ4n) is 3.36. The molecule has 1 saturated heterocycles. The van der Waals surface area contributed by atoms with Crippen molar-refractivity contribution in [3.63, 3.8) is 0 Å². The third-order valence-corrected chi connectivity index (χ3v) is 6.07. The van der Waals surface area contributed by atoms with Crippen molar-refractivity contribution in [2.45, 2.75) is 44.2 Å². The smallest absolute Gasteiger partial charge is 0.211 e. The first-order valence-corrected chi connectivity index (χ1v) is 10.1. The van der Waals surface area contributed by atoms with Gasteiger partial charge in [-0.3, -0.25) is 0 Å². The second-order valence-electron chi connectivity index (χ2n) is 6.60. The maximum absolute atomic E-state index is 11.7. The number of nitrogens with zero attached hydrogens (tertiary/aromatic N) is 7. The van der Waals surface area contributed by atoms with E-state index in [1.165, 1.54) is 12.6 Å². The zero-order valence-electron chi connectivity index (χ0n) is 13.6. The number of aromatic nitrogens is 6. The first-order valence-electron chi connectivity index (χ1n) is 8.23. The molecule has 0 atom stereocenters. The lowest BCUT2D eigenvalue weighted by Crippen LogP contribution is -2.37. The maximum Gasteiger partial charge on any atom is 0.211 e. The standard InChI is InChI=1S/C14H21N7O2S/c1-24(22,23)20-6-4-11(5-7-20)14-18-17-13(21(14)12-2-3-12)8-19-10-15-9-16-19/h9-12H,2-8H2,1H3. The Bertz CT molecular complexity index is 802. The molecular weight excluding hydrogens is 330 g/mol. The Morgan fingerprint density at radius 3 is 2.50 bits per heavy atom. The molecule has 130 valence electrons. The van der Waals surface area contributed by atoms with Crippen molar-refractivity contribution in [1.82, 2.24) is 33.8 Å². The molecule has 0 amide bonds. The van der Waals surface area contributed by atoms with Crippen molar-refractivity contribution in [1.29, 1.82) is 0 Å². The average molecular weight is 351 g/mol. The second-order valence-corrected chi connectivity index (χ2v) is 8.59. The molecule has 0 N–H and O–H groups in total. The van der Waals surface area contributed by atoms with Gasteiger partial charge < -0.3 is 4.57 Å². The summed E-state index contributed by atoms with van der Waals surface area (Å²) in [6.45, 7) is 1.67. The van der Waals surface area contributed by atoms with Gasteiger partial charge in [0.1, 0.15) is 25.0 Å². The molecule has 1 aliphatic carbocycles. The van der Waals surface area contributed by atoms with Crippen molar-refractivity contribution in [3.8, 4) is 0 Å². The summed E-state index contributed by atoms with van der Waals surface area (Å²) >= 11 is 0. The van der Waals surface area contributed by atoms with Gasteiger partial charge in [-0.2, -0.15) is 5.10 Å². The Labute approximate surface area is 140 Å². The third kappa shape index (κ3) is 3.07. The van der Waals surface area contributed by atoms with Crippen LogP contribution in [0.4, 0.5) is 0 Å². The first-order chi connectivity index (χ1) is 11.5. The SMILES string of the molecule is CS(=O)(=O)N1CCC(c2nnc(Cn3cncn3)n2C2CC2)CC1. The summed E-state index contributed by atoms with van der Waals surface area (Å²) in [5, 5.41) is 13.0. The minimum Gasteiger partial charge on any atom is -0.310 e. The first kappa shape index (κ1) is 15.7.